The maximum absolute atomic E-state index is 5.24. The smallest absolute Gasteiger partial charge is 0.232 e. The molecular weight excluding hydrogens is 152 g/mol. The molecule has 68 valence electrons. The average Bonchev–Trinajstić information content (AvgIpc) is 2.35. The summed E-state index contributed by atoms with van der Waals surface area (Å²) < 4.78 is 5.24. The molecule has 1 rings (SSSR count). The van der Waals surface area contributed by atoms with Crippen LogP contribution in [-0.2, 0) is 5.41 Å². The van der Waals surface area contributed by atoms with E-state index in [9.17, 15) is 0 Å². The van der Waals surface area contributed by atoms with E-state index in [0.29, 0.717) is 12.5 Å². The summed E-state index contributed by atoms with van der Waals surface area (Å²) in [6, 6.07) is 1.95. The lowest BCUT2D eigenvalue weighted by Gasteiger charge is -2.14. The van der Waals surface area contributed by atoms with Crippen molar-refractivity contribution in [2.75, 3.05) is 6.61 Å². The van der Waals surface area contributed by atoms with E-state index >= 15 is 0 Å². The second kappa shape index (κ2) is 3.17. The first-order valence-corrected chi connectivity index (χ1v) is 4.22. The first kappa shape index (κ1) is 9.10. The van der Waals surface area contributed by atoms with Crippen molar-refractivity contribution >= 4 is 0 Å². The number of hydrogen-bond acceptors (Lipinski definition) is 2. The Bertz CT molecular complexity index is 247. The third-order valence-electron chi connectivity index (χ3n) is 1.65. The summed E-state index contributed by atoms with van der Waals surface area (Å²) in [7, 11) is 0. The van der Waals surface area contributed by atoms with Gasteiger partial charge in [0.15, 0.2) is 0 Å². The van der Waals surface area contributed by atoms with Gasteiger partial charge in [-0.05, 0) is 6.92 Å². The minimum atomic E-state index is 0.113. The van der Waals surface area contributed by atoms with Gasteiger partial charge in [-0.2, -0.15) is 0 Å². The van der Waals surface area contributed by atoms with Gasteiger partial charge in [-0.25, -0.2) is 0 Å². The number of aromatic nitrogens is 2. The van der Waals surface area contributed by atoms with Crippen LogP contribution in [0.4, 0.5) is 0 Å². The number of nitrogens with zero attached hydrogens (tertiary/aromatic N) is 1. The fourth-order valence-electron chi connectivity index (χ4n) is 0.909. The Labute approximate surface area is 73.1 Å². The summed E-state index contributed by atoms with van der Waals surface area (Å²) >= 11 is 0. The highest BCUT2D eigenvalue weighted by Crippen LogP contribution is 2.22. The average molecular weight is 168 g/mol. The molecule has 12 heavy (non-hydrogen) atoms. The van der Waals surface area contributed by atoms with Crippen LogP contribution in [0.25, 0.3) is 0 Å². The molecule has 1 heterocycles. The molecule has 0 atom stereocenters. The molecule has 1 aromatic rings. The van der Waals surface area contributed by atoms with E-state index in [1.54, 1.807) is 0 Å². The number of hydrogen-bond donors (Lipinski definition) is 1. The van der Waals surface area contributed by atoms with E-state index in [-0.39, 0.29) is 5.41 Å². The molecule has 0 saturated heterocycles. The van der Waals surface area contributed by atoms with Crippen molar-refractivity contribution in [3.8, 4) is 5.88 Å². The molecule has 3 heteroatoms. The maximum Gasteiger partial charge on any atom is 0.232 e. The number of aromatic amines is 1. The van der Waals surface area contributed by atoms with Crippen LogP contribution < -0.4 is 4.74 Å². The summed E-state index contributed by atoms with van der Waals surface area (Å²) in [4.78, 5) is 0. The summed E-state index contributed by atoms with van der Waals surface area (Å²) in [6.07, 6.45) is 0. The topological polar surface area (TPSA) is 37.9 Å². The number of nitrogens with one attached hydrogen (secondary N) is 1. The number of rotatable bonds is 2. The second-order valence-corrected chi connectivity index (χ2v) is 3.80. The monoisotopic (exact) mass is 168 g/mol. The van der Waals surface area contributed by atoms with Crippen molar-refractivity contribution in [1.29, 1.82) is 0 Å². The van der Waals surface area contributed by atoms with E-state index in [4.69, 9.17) is 4.74 Å². The molecule has 0 saturated carbocycles. The second-order valence-electron chi connectivity index (χ2n) is 3.80. The Morgan fingerprint density at radius 3 is 2.58 bits per heavy atom. The maximum atomic E-state index is 5.24. The van der Waals surface area contributed by atoms with Gasteiger partial charge in [0.05, 0.1) is 6.61 Å². The molecule has 0 unspecified atom stereocenters. The molecule has 0 radical (unpaired) electrons. The van der Waals surface area contributed by atoms with E-state index in [0.717, 1.165) is 5.69 Å². The van der Waals surface area contributed by atoms with Crippen LogP contribution >= 0.6 is 0 Å². The van der Waals surface area contributed by atoms with Gasteiger partial charge >= 0.3 is 0 Å². The molecule has 0 amide bonds. The SMILES string of the molecule is CCOc1cc(C(C)(C)C)[nH]n1. The van der Waals surface area contributed by atoms with E-state index in [2.05, 4.69) is 31.0 Å². The van der Waals surface area contributed by atoms with Crippen molar-refractivity contribution < 1.29 is 4.74 Å². The van der Waals surface area contributed by atoms with Gasteiger partial charge in [-0.3, -0.25) is 5.10 Å². The van der Waals surface area contributed by atoms with Crippen LogP contribution in [0.3, 0.4) is 0 Å². The quantitative estimate of drug-likeness (QED) is 0.734. The predicted molar refractivity (Wildman–Crippen MR) is 48.5 cm³/mol. The van der Waals surface area contributed by atoms with Gasteiger partial charge in [0.2, 0.25) is 5.88 Å². The molecule has 1 N–H and O–H groups in total. The van der Waals surface area contributed by atoms with Crippen LogP contribution in [0.1, 0.15) is 33.4 Å². The van der Waals surface area contributed by atoms with Gasteiger partial charge in [0.25, 0.3) is 0 Å². The Morgan fingerprint density at radius 1 is 1.50 bits per heavy atom. The third kappa shape index (κ3) is 2.00. The zero-order valence-electron chi connectivity index (χ0n) is 8.14. The highest BCUT2D eigenvalue weighted by molar-refractivity contribution is 5.19. The highest BCUT2D eigenvalue weighted by atomic mass is 16.5. The van der Waals surface area contributed by atoms with Gasteiger partial charge in [-0.1, -0.05) is 20.8 Å². The van der Waals surface area contributed by atoms with Gasteiger partial charge < -0.3 is 4.74 Å². The molecular formula is C9H16N2O. The molecule has 0 bridgehead atoms. The van der Waals surface area contributed by atoms with Gasteiger partial charge in [0.1, 0.15) is 0 Å². The molecule has 0 fully saturated rings. The fraction of sp³-hybridized carbons (Fsp3) is 0.667. The minimum Gasteiger partial charge on any atom is -0.477 e. The lowest BCUT2D eigenvalue weighted by atomic mass is 9.93. The molecule has 1 aromatic heterocycles. The number of H-pyrrole nitrogens is 1. The minimum absolute atomic E-state index is 0.113. The van der Waals surface area contributed by atoms with E-state index in [1.165, 1.54) is 0 Å². The standard InChI is InChI=1S/C9H16N2O/c1-5-12-8-6-7(10-11-8)9(2,3)4/h6H,5H2,1-4H3,(H,10,11). The first-order valence-electron chi connectivity index (χ1n) is 4.22. The van der Waals surface area contributed by atoms with Crippen molar-refractivity contribution in [1.82, 2.24) is 10.2 Å². The summed E-state index contributed by atoms with van der Waals surface area (Å²) in [6.45, 7) is 9.02. The van der Waals surface area contributed by atoms with E-state index in [1.807, 2.05) is 13.0 Å². The zero-order valence-corrected chi connectivity index (χ0v) is 8.14. The Kier molecular flexibility index (Phi) is 2.40. The normalized spacial score (nSPS) is 11.7. The Hall–Kier alpha value is -0.990. The van der Waals surface area contributed by atoms with Crippen molar-refractivity contribution in [2.45, 2.75) is 33.1 Å². The molecule has 0 aromatic carbocycles. The van der Waals surface area contributed by atoms with Crippen molar-refractivity contribution in [3.63, 3.8) is 0 Å². The van der Waals surface area contributed by atoms with Crippen LogP contribution in [0, 0.1) is 0 Å². The van der Waals surface area contributed by atoms with Gasteiger partial charge in [-0.15, -0.1) is 5.10 Å². The highest BCUT2D eigenvalue weighted by Gasteiger charge is 2.16. The lowest BCUT2D eigenvalue weighted by Crippen LogP contribution is -2.11. The molecule has 0 aliphatic carbocycles. The van der Waals surface area contributed by atoms with Crippen LogP contribution in [0.5, 0.6) is 5.88 Å². The fourth-order valence-corrected chi connectivity index (χ4v) is 0.909. The molecule has 0 spiro atoms. The summed E-state index contributed by atoms with van der Waals surface area (Å²) in [5, 5.41) is 6.98. The summed E-state index contributed by atoms with van der Waals surface area (Å²) in [5.74, 6) is 0.683. The van der Waals surface area contributed by atoms with E-state index < -0.39 is 0 Å². The van der Waals surface area contributed by atoms with Crippen LogP contribution in [-0.4, -0.2) is 16.8 Å². The summed E-state index contributed by atoms with van der Waals surface area (Å²) in [5.41, 5.74) is 1.22. The van der Waals surface area contributed by atoms with Crippen molar-refractivity contribution in [3.05, 3.63) is 11.8 Å². The Morgan fingerprint density at radius 2 is 2.17 bits per heavy atom. The number of ether oxygens (including phenoxy) is 1. The molecule has 0 aliphatic heterocycles. The first-order chi connectivity index (χ1) is 5.54. The third-order valence-corrected chi connectivity index (χ3v) is 1.65. The molecule has 3 nitrogen and oxygen atoms in total. The zero-order chi connectivity index (χ0) is 9.19. The van der Waals surface area contributed by atoms with Gasteiger partial charge in [0, 0.05) is 17.2 Å². The van der Waals surface area contributed by atoms with Crippen LogP contribution in [0.15, 0.2) is 6.07 Å². The lowest BCUT2D eigenvalue weighted by molar-refractivity contribution is 0.326. The van der Waals surface area contributed by atoms with Crippen LogP contribution in [0.2, 0.25) is 0 Å². The Balaban J connectivity index is 2.77. The van der Waals surface area contributed by atoms with Crippen molar-refractivity contribution in [2.24, 2.45) is 0 Å². The molecule has 0 aliphatic rings. The largest absolute Gasteiger partial charge is 0.477 e. The predicted octanol–water partition coefficient (Wildman–Crippen LogP) is 2.11.